The van der Waals surface area contributed by atoms with Crippen molar-refractivity contribution >= 4 is 27.1 Å². The Bertz CT molecular complexity index is 841. The highest BCUT2D eigenvalue weighted by molar-refractivity contribution is 7.91. The van der Waals surface area contributed by atoms with Crippen molar-refractivity contribution in [2.75, 3.05) is 11.5 Å². The van der Waals surface area contributed by atoms with Crippen LogP contribution in [0, 0.1) is 13.8 Å². The van der Waals surface area contributed by atoms with Crippen LogP contribution in [0.5, 0.6) is 0 Å². The van der Waals surface area contributed by atoms with Gasteiger partial charge in [0.2, 0.25) is 0 Å². The highest BCUT2D eigenvalue weighted by Gasteiger charge is 2.18. The first-order valence-electron chi connectivity index (χ1n) is 7.76. The van der Waals surface area contributed by atoms with E-state index in [0.29, 0.717) is 5.69 Å². The van der Waals surface area contributed by atoms with Gasteiger partial charge in [-0.3, -0.25) is 4.79 Å². The molecule has 1 atom stereocenters. The van der Waals surface area contributed by atoms with E-state index in [1.165, 1.54) is 16.9 Å². The molecule has 0 saturated heterocycles. The molecule has 0 aliphatic heterocycles. The summed E-state index contributed by atoms with van der Waals surface area (Å²) in [6.45, 7) is 7.33. The van der Waals surface area contributed by atoms with E-state index in [1.807, 2.05) is 26.0 Å². The van der Waals surface area contributed by atoms with Crippen LogP contribution in [0.25, 0.3) is 10.6 Å². The van der Waals surface area contributed by atoms with Crippen LogP contribution in [0.1, 0.15) is 35.5 Å². The third kappa shape index (κ3) is 4.64. The molecule has 5 nitrogen and oxygen atoms in total. The summed E-state index contributed by atoms with van der Waals surface area (Å²) in [5, 5.41) is 5.18. The first-order valence-corrected chi connectivity index (χ1v) is 10.5. The summed E-state index contributed by atoms with van der Waals surface area (Å²) < 4.78 is 23.2. The quantitative estimate of drug-likeness (QED) is 0.853. The predicted molar refractivity (Wildman–Crippen MR) is 98.3 cm³/mol. The molecule has 2 aromatic rings. The maximum atomic E-state index is 12.3. The van der Waals surface area contributed by atoms with Crippen LogP contribution in [-0.2, 0) is 9.84 Å². The molecule has 0 radical (unpaired) electrons. The van der Waals surface area contributed by atoms with Gasteiger partial charge in [0.1, 0.15) is 10.7 Å². The van der Waals surface area contributed by atoms with Crippen LogP contribution in [0.2, 0.25) is 0 Å². The summed E-state index contributed by atoms with van der Waals surface area (Å²) in [4.78, 5) is 16.6. The van der Waals surface area contributed by atoms with E-state index in [-0.39, 0.29) is 17.4 Å². The second kappa shape index (κ2) is 7.44. The van der Waals surface area contributed by atoms with E-state index in [2.05, 4.69) is 16.4 Å². The second-order valence-electron chi connectivity index (χ2n) is 5.93. The monoisotopic (exact) mass is 366 g/mol. The number of carbonyl (C=O) groups excluding carboxylic acids is 1. The molecule has 0 aliphatic carbocycles. The Morgan fingerprint density at radius 2 is 2.04 bits per heavy atom. The fourth-order valence-corrected chi connectivity index (χ4v) is 4.36. The lowest BCUT2D eigenvalue weighted by atomic mass is 10.1. The number of rotatable bonds is 6. The highest BCUT2D eigenvalue weighted by Crippen LogP contribution is 2.27. The molecular weight excluding hydrogens is 344 g/mol. The Labute approximate surface area is 147 Å². The number of thiazole rings is 1. The first kappa shape index (κ1) is 18.6. The zero-order valence-electron chi connectivity index (χ0n) is 14.3. The van der Waals surface area contributed by atoms with Crippen LogP contribution in [0.3, 0.4) is 0 Å². The van der Waals surface area contributed by atoms with Crippen molar-refractivity contribution in [1.82, 2.24) is 10.3 Å². The summed E-state index contributed by atoms with van der Waals surface area (Å²) in [7, 11) is -3.13. The molecule has 0 fully saturated rings. The van der Waals surface area contributed by atoms with Gasteiger partial charge in [-0.05, 0) is 26.3 Å². The van der Waals surface area contributed by atoms with Gasteiger partial charge in [-0.1, -0.05) is 30.7 Å². The van der Waals surface area contributed by atoms with Gasteiger partial charge in [-0.25, -0.2) is 13.4 Å². The van der Waals surface area contributed by atoms with Crippen LogP contribution < -0.4 is 5.32 Å². The third-order valence-electron chi connectivity index (χ3n) is 3.67. The predicted octanol–water partition coefficient (Wildman–Crippen LogP) is 2.98. The van der Waals surface area contributed by atoms with Gasteiger partial charge < -0.3 is 5.32 Å². The van der Waals surface area contributed by atoms with Gasteiger partial charge in [-0.15, -0.1) is 11.3 Å². The Kier molecular flexibility index (Phi) is 5.77. The minimum atomic E-state index is -3.13. The molecule has 0 spiro atoms. The molecule has 24 heavy (non-hydrogen) atoms. The lowest BCUT2D eigenvalue weighted by molar-refractivity contribution is 0.0939. The molecule has 1 heterocycles. The molecule has 0 bridgehead atoms. The van der Waals surface area contributed by atoms with E-state index in [0.717, 1.165) is 16.1 Å². The Hall–Kier alpha value is -1.73. The fourth-order valence-electron chi connectivity index (χ4n) is 2.39. The summed E-state index contributed by atoms with van der Waals surface area (Å²) in [6.07, 6.45) is 0. The SMILES string of the molecule is CCS(=O)(=O)C[C@@H](C)NC(=O)c1csc(-c2ccc(C)cc2C)n1. The van der Waals surface area contributed by atoms with E-state index in [9.17, 15) is 13.2 Å². The Morgan fingerprint density at radius 3 is 2.67 bits per heavy atom. The number of hydrogen-bond acceptors (Lipinski definition) is 5. The van der Waals surface area contributed by atoms with E-state index in [4.69, 9.17) is 0 Å². The fraction of sp³-hybridized carbons (Fsp3) is 0.412. The Morgan fingerprint density at radius 1 is 1.33 bits per heavy atom. The molecule has 1 amide bonds. The van der Waals surface area contributed by atoms with Crippen molar-refractivity contribution in [3.63, 3.8) is 0 Å². The average Bonchev–Trinajstić information content (AvgIpc) is 2.96. The largest absolute Gasteiger partial charge is 0.347 e. The maximum Gasteiger partial charge on any atom is 0.271 e. The van der Waals surface area contributed by atoms with E-state index < -0.39 is 15.9 Å². The smallest absolute Gasteiger partial charge is 0.271 e. The molecule has 0 saturated carbocycles. The minimum Gasteiger partial charge on any atom is -0.347 e. The van der Waals surface area contributed by atoms with Gasteiger partial charge in [0.15, 0.2) is 9.84 Å². The summed E-state index contributed by atoms with van der Waals surface area (Å²) >= 11 is 1.41. The van der Waals surface area contributed by atoms with Crippen LogP contribution in [-0.4, -0.2) is 36.9 Å². The van der Waals surface area contributed by atoms with Crippen molar-refractivity contribution in [3.8, 4) is 10.6 Å². The summed E-state index contributed by atoms with van der Waals surface area (Å²) in [5.74, 6) is -0.342. The average molecular weight is 367 g/mol. The minimum absolute atomic E-state index is 0.0662. The van der Waals surface area contributed by atoms with E-state index >= 15 is 0 Å². The van der Waals surface area contributed by atoms with Crippen LogP contribution in [0.15, 0.2) is 23.6 Å². The Balaban J connectivity index is 2.11. The zero-order chi connectivity index (χ0) is 17.9. The van der Waals surface area contributed by atoms with Gasteiger partial charge in [0.05, 0.1) is 5.75 Å². The maximum absolute atomic E-state index is 12.3. The van der Waals surface area contributed by atoms with Crippen molar-refractivity contribution in [2.45, 2.75) is 33.7 Å². The molecule has 7 heteroatoms. The van der Waals surface area contributed by atoms with Gasteiger partial charge >= 0.3 is 0 Å². The van der Waals surface area contributed by atoms with Crippen LogP contribution in [0.4, 0.5) is 0 Å². The number of hydrogen-bond donors (Lipinski definition) is 1. The van der Waals surface area contributed by atoms with Crippen molar-refractivity contribution in [1.29, 1.82) is 0 Å². The standard InChI is InChI=1S/C17H22N2O3S2/c1-5-24(21,22)10-13(4)18-16(20)15-9-23-17(19-15)14-7-6-11(2)8-12(14)3/h6-9,13H,5,10H2,1-4H3,(H,18,20)/t13-/m1/s1. The summed E-state index contributed by atoms with van der Waals surface area (Å²) in [5.41, 5.74) is 3.61. The second-order valence-corrected chi connectivity index (χ2v) is 9.19. The molecule has 0 aliphatic rings. The van der Waals surface area contributed by atoms with Crippen molar-refractivity contribution in [3.05, 3.63) is 40.4 Å². The molecule has 1 aromatic carbocycles. The first-order chi connectivity index (χ1) is 11.2. The van der Waals surface area contributed by atoms with Gasteiger partial charge in [-0.2, -0.15) is 0 Å². The number of benzene rings is 1. The normalized spacial score (nSPS) is 12.8. The number of sulfone groups is 1. The molecular formula is C17H22N2O3S2. The number of aromatic nitrogens is 1. The summed E-state index contributed by atoms with van der Waals surface area (Å²) in [6, 6.07) is 5.64. The molecule has 1 aromatic heterocycles. The topological polar surface area (TPSA) is 76.1 Å². The van der Waals surface area contributed by atoms with Crippen molar-refractivity contribution < 1.29 is 13.2 Å². The number of carbonyl (C=O) groups is 1. The molecule has 130 valence electrons. The number of amides is 1. The van der Waals surface area contributed by atoms with Gasteiger partial charge in [0.25, 0.3) is 5.91 Å². The number of nitrogens with one attached hydrogen (secondary N) is 1. The van der Waals surface area contributed by atoms with Crippen LogP contribution >= 0.6 is 11.3 Å². The van der Waals surface area contributed by atoms with E-state index in [1.54, 1.807) is 19.2 Å². The third-order valence-corrected chi connectivity index (χ3v) is 6.43. The molecule has 2 rings (SSSR count). The highest BCUT2D eigenvalue weighted by atomic mass is 32.2. The van der Waals surface area contributed by atoms with Crippen molar-refractivity contribution in [2.24, 2.45) is 0 Å². The molecule has 0 unspecified atom stereocenters. The number of aryl methyl sites for hydroxylation is 2. The van der Waals surface area contributed by atoms with Gasteiger partial charge in [0, 0.05) is 22.7 Å². The molecule has 1 N–H and O–H groups in total. The number of nitrogens with zero attached hydrogens (tertiary/aromatic N) is 1. The zero-order valence-corrected chi connectivity index (χ0v) is 15.9. The lowest BCUT2D eigenvalue weighted by Gasteiger charge is -2.12. The lowest BCUT2D eigenvalue weighted by Crippen LogP contribution is -2.38.